The van der Waals surface area contributed by atoms with E-state index in [2.05, 4.69) is 54.6 Å². The summed E-state index contributed by atoms with van der Waals surface area (Å²) in [5.41, 5.74) is 5.97. The fourth-order valence-electron chi connectivity index (χ4n) is 3.38. The van der Waals surface area contributed by atoms with E-state index in [1.807, 2.05) is 0 Å². The zero-order valence-corrected chi connectivity index (χ0v) is 12.9. The molecule has 0 aliphatic heterocycles. The summed E-state index contributed by atoms with van der Waals surface area (Å²) >= 11 is 0. The van der Waals surface area contributed by atoms with E-state index in [1.54, 1.807) is 12.7 Å². The van der Waals surface area contributed by atoms with Crippen LogP contribution < -0.4 is 4.74 Å². The zero-order valence-electron chi connectivity index (χ0n) is 12.9. The lowest BCUT2D eigenvalue weighted by atomic mass is 9.84. The van der Waals surface area contributed by atoms with E-state index in [9.17, 15) is 0 Å². The molecule has 2 aromatic rings. The van der Waals surface area contributed by atoms with E-state index in [0.717, 1.165) is 12.2 Å². The van der Waals surface area contributed by atoms with Gasteiger partial charge in [-0.2, -0.15) is 0 Å². The number of rotatable bonds is 6. The minimum Gasteiger partial charge on any atom is -0.497 e. The Morgan fingerprint density at radius 2 is 1.68 bits per heavy atom. The predicted octanol–water partition coefficient (Wildman–Crippen LogP) is 5.39. The smallest absolute Gasteiger partial charge is 0.119 e. The van der Waals surface area contributed by atoms with Crippen LogP contribution >= 0.6 is 0 Å². The Morgan fingerprint density at radius 3 is 2.36 bits per heavy atom. The third-order valence-corrected chi connectivity index (χ3v) is 4.74. The van der Waals surface area contributed by atoms with Gasteiger partial charge in [-0.1, -0.05) is 42.5 Å². The van der Waals surface area contributed by atoms with Gasteiger partial charge in [0, 0.05) is 0 Å². The second-order valence-corrected chi connectivity index (χ2v) is 6.08. The van der Waals surface area contributed by atoms with E-state index < -0.39 is 0 Å². The highest BCUT2D eigenvalue weighted by atomic mass is 16.5. The van der Waals surface area contributed by atoms with Crippen molar-refractivity contribution in [3.8, 4) is 16.9 Å². The molecule has 0 radical (unpaired) electrons. The summed E-state index contributed by atoms with van der Waals surface area (Å²) in [5, 5.41) is 2.63. The summed E-state index contributed by atoms with van der Waals surface area (Å²) in [7, 11) is 1.72. The largest absolute Gasteiger partial charge is 0.497 e. The lowest BCUT2D eigenvalue weighted by Crippen LogP contribution is -2.00. The number of unbranched alkanes of at least 4 members (excludes halogenated alkanes) is 1. The first-order valence-electron chi connectivity index (χ1n) is 8.04. The Kier molecular flexibility index (Phi) is 3.34. The second kappa shape index (κ2) is 5.49. The molecule has 110 valence electrons. The molecule has 0 unspecified atom stereocenters. The number of hydrogen-bond acceptors (Lipinski definition) is 1. The maximum atomic E-state index is 5.31. The summed E-state index contributed by atoms with van der Waals surface area (Å²) in [6, 6.07) is 19.7. The van der Waals surface area contributed by atoms with E-state index in [-0.39, 0.29) is 0 Å². The van der Waals surface area contributed by atoms with E-state index >= 15 is 0 Å². The molecular weight excluding hydrogens is 268 g/mol. The van der Waals surface area contributed by atoms with E-state index in [0.29, 0.717) is 0 Å². The van der Waals surface area contributed by atoms with Gasteiger partial charge in [-0.3, -0.25) is 0 Å². The van der Waals surface area contributed by atoms with Crippen LogP contribution in [0.2, 0.25) is 0 Å². The van der Waals surface area contributed by atoms with Crippen molar-refractivity contribution in [2.75, 3.05) is 7.11 Å². The monoisotopic (exact) mass is 288 g/mol. The maximum Gasteiger partial charge on any atom is 0.119 e. The Labute approximate surface area is 131 Å². The maximum absolute atomic E-state index is 5.31. The Morgan fingerprint density at radius 1 is 0.818 bits per heavy atom. The normalized spacial score (nSPS) is 11.7. The number of aryl methyl sites for hydroxylation is 2. The predicted molar refractivity (Wildman–Crippen MR) is 92.6 cm³/mol. The lowest BCUT2D eigenvalue weighted by Gasteiger charge is -2.20. The molecule has 0 heterocycles. The second-order valence-electron chi connectivity index (χ2n) is 6.08. The van der Waals surface area contributed by atoms with Crippen LogP contribution in [0.4, 0.5) is 0 Å². The van der Waals surface area contributed by atoms with Crippen LogP contribution in [0.5, 0.6) is 5.75 Å². The van der Waals surface area contributed by atoms with Gasteiger partial charge in [0.1, 0.15) is 5.75 Å². The Balaban J connectivity index is 1.41. The fraction of sp³-hybridized carbons (Fsp3) is 0.238. The van der Waals surface area contributed by atoms with Gasteiger partial charge in [-0.05, 0) is 70.8 Å². The number of fused-ring (bicyclic) bond motifs is 2. The molecular formula is C21H20O. The molecule has 0 amide bonds. The number of hydrogen-bond donors (Lipinski definition) is 0. The molecule has 2 aromatic carbocycles. The molecule has 2 aliphatic rings. The van der Waals surface area contributed by atoms with Crippen molar-refractivity contribution in [3.05, 3.63) is 65.7 Å². The van der Waals surface area contributed by atoms with Crippen LogP contribution in [-0.2, 0) is 12.8 Å². The molecule has 2 aliphatic carbocycles. The molecule has 0 saturated heterocycles. The first-order valence-corrected chi connectivity index (χ1v) is 8.04. The molecule has 0 atom stereocenters. The fourth-order valence-corrected chi connectivity index (χ4v) is 3.38. The Bertz CT molecular complexity index is 832. The van der Waals surface area contributed by atoms with Crippen LogP contribution in [0.25, 0.3) is 21.9 Å². The van der Waals surface area contributed by atoms with Crippen molar-refractivity contribution in [2.45, 2.75) is 25.7 Å². The molecule has 0 saturated carbocycles. The van der Waals surface area contributed by atoms with Crippen LogP contribution in [0.15, 0.2) is 54.6 Å². The van der Waals surface area contributed by atoms with E-state index in [4.69, 9.17) is 4.74 Å². The molecule has 4 rings (SSSR count). The van der Waals surface area contributed by atoms with Gasteiger partial charge in [-0.25, -0.2) is 0 Å². The summed E-state index contributed by atoms with van der Waals surface area (Å²) in [6.07, 6.45) is 4.89. The molecule has 1 nitrogen and oxygen atoms in total. The van der Waals surface area contributed by atoms with E-state index in [1.165, 1.54) is 46.7 Å². The molecule has 1 heteroatoms. The van der Waals surface area contributed by atoms with Gasteiger partial charge >= 0.3 is 0 Å². The lowest BCUT2D eigenvalue weighted by molar-refractivity contribution is 0.415. The van der Waals surface area contributed by atoms with Gasteiger partial charge in [0.15, 0.2) is 0 Å². The van der Waals surface area contributed by atoms with Gasteiger partial charge in [-0.15, -0.1) is 0 Å². The highest BCUT2D eigenvalue weighted by molar-refractivity contribution is 5.87. The molecule has 0 spiro atoms. The summed E-state index contributed by atoms with van der Waals surface area (Å²) in [4.78, 5) is 0. The van der Waals surface area contributed by atoms with Crippen molar-refractivity contribution in [1.82, 2.24) is 0 Å². The quantitative estimate of drug-likeness (QED) is 0.432. The Hall–Kier alpha value is -2.28. The third kappa shape index (κ3) is 2.27. The number of methoxy groups -OCH3 is 1. The molecule has 0 aromatic heterocycles. The highest BCUT2D eigenvalue weighted by Gasteiger charge is 2.15. The van der Waals surface area contributed by atoms with Crippen LogP contribution in [0.3, 0.4) is 0 Å². The van der Waals surface area contributed by atoms with Gasteiger partial charge in [0.2, 0.25) is 0 Å². The molecule has 0 N–H and O–H groups in total. The molecule has 0 fully saturated rings. The summed E-state index contributed by atoms with van der Waals surface area (Å²) in [5.74, 6) is 0.930. The van der Waals surface area contributed by atoms with Gasteiger partial charge in [0.05, 0.1) is 7.11 Å². The summed E-state index contributed by atoms with van der Waals surface area (Å²) < 4.78 is 5.31. The zero-order chi connectivity index (χ0) is 14.9. The van der Waals surface area contributed by atoms with Crippen molar-refractivity contribution in [3.63, 3.8) is 0 Å². The minimum atomic E-state index is 0.930. The SMILES string of the molecule is COc1ccc2c(CCCCc3cc4ccc3-4)cccc2c1. The molecule has 0 bridgehead atoms. The minimum absolute atomic E-state index is 0.930. The average Bonchev–Trinajstić information content (AvgIpc) is 2.54. The number of ether oxygens (including phenoxy) is 1. The highest BCUT2D eigenvalue weighted by Crippen LogP contribution is 2.37. The van der Waals surface area contributed by atoms with Crippen molar-refractivity contribution >= 4 is 10.8 Å². The third-order valence-electron chi connectivity index (χ3n) is 4.74. The van der Waals surface area contributed by atoms with Crippen LogP contribution in [0, 0.1) is 0 Å². The van der Waals surface area contributed by atoms with Crippen LogP contribution in [0.1, 0.15) is 24.0 Å². The first-order chi connectivity index (χ1) is 10.8. The average molecular weight is 288 g/mol. The van der Waals surface area contributed by atoms with Crippen molar-refractivity contribution < 1.29 is 4.74 Å². The molecule has 22 heavy (non-hydrogen) atoms. The van der Waals surface area contributed by atoms with Crippen molar-refractivity contribution in [2.24, 2.45) is 0 Å². The first kappa shape index (κ1) is 13.4. The topological polar surface area (TPSA) is 9.23 Å². The van der Waals surface area contributed by atoms with Gasteiger partial charge < -0.3 is 4.74 Å². The van der Waals surface area contributed by atoms with Crippen LogP contribution in [-0.4, -0.2) is 7.11 Å². The summed E-state index contributed by atoms with van der Waals surface area (Å²) in [6.45, 7) is 0. The van der Waals surface area contributed by atoms with Crippen molar-refractivity contribution in [1.29, 1.82) is 0 Å². The van der Waals surface area contributed by atoms with Gasteiger partial charge in [0.25, 0.3) is 0 Å². The number of benzene rings is 3. The standard InChI is InChI=1S/C21H20O/c1-22-19-10-12-20-15(7-4-8-17(20)14-19)5-2-3-6-16-13-18-9-11-21(16)18/h4,7-14H,2-3,5-6H2,1H3.